The summed E-state index contributed by atoms with van der Waals surface area (Å²) < 4.78 is 0. The molecule has 1 aromatic heterocycles. The molecule has 0 aliphatic carbocycles. The smallest absolute Gasteiger partial charge is 0.149 e. The lowest BCUT2D eigenvalue weighted by Gasteiger charge is -2.16. The van der Waals surface area contributed by atoms with Gasteiger partial charge in [0.25, 0.3) is 0 Å². The number of nitrogens with zero attached hydrogens (tertiary/aromatic N) is 2. The molecule has 0 fully saturated rings. The van der Waals surface area contributed by atoms with Gasteiger partial charge in [-0.25, -0.2) is 4.98 Å². The maximum atomic E-state index is 9.37. The normalized spacial score (nSPS) is 12.1. The van der Waals surface area contributed by atoms with Crippen molar-refractivity contribution < 1.29 is 5.11 Å². The highest BCUT2D eigenvalue weighted by Gasteiger charge is 2.10. The SMILES string of the molecule is OC[C@H](Nc1cncc(Cl)n1)c1ccccc1. The summed E-state index contributed by atoms with van der Waals surface area (Å²) in [5.74, 6) is 0.542. The monoisotopic (exact) mass is 249 g/mol. The lowest BCUT2D eigenvalue weighted by Crippen LogP contribution is -2.15. The molecular formula is C12H12ClN3O. The quantitative estimate of drug-likeness (QED) is 0.873. The number of aliphatic hydroxyl groups excluding tert-OH is 1. The molecule has 1 atom stereocenters. The van der Waals surface area contributed by atoms with Gasteiger partial charge in [-0.1, -0.05) is 41.9 Å². The first-order valence-corrected chi connectivity index (χ1v) is 5.57. The highest BCUT2D eigenvalue weighted by molar-refractivity contribution is 6.29. The Kier molecular flexibility index (Phi) is 3.90. The van der Waals surface area contributed by atoms with Gasteiger partial charge in [0, 0.05) is 0 Å². The largest absolute Gasteiger partial charge is 0.394 e. The van der Waals surface area contributed by atoms with Crippen LogP contribution >= 0.6 is 11.6 Å². The van der Waals surface area contributed by atoms with Crippen molar-refractivity contribution >= 4 is 17.4 Å². The van der Waals surface area contributed by atoms with Crippen molar-refractivity contribution in [1.82, 2.24) is 9.97 Å². The van der Waals surface area contributed by atoms with Crippen LogP contribution in [-0.4, -0.2) is 21.7 Å². The number of aromatic nitrogens is 2. The first-order chi connectivity index (χ1) is 8.29. The molecule has 0 radical (unpaired) electrons. The highest BCUT2D eigenvalue weighted by atomic mass is 35.5. The van der Waals surface area contributed by atoms with E-state index in [0.717, 1.165) is 5.56 Å². The van der Waals surface area contributed by atoms with Gasteiger partial charge < -0.3 is 10.4 Å². The zero-order chi connectivity index (χ0) is 12.1. The van der Waals surface area contributed by atoms with Crippen molar-refractivity contribution in [3.8, 4) is 0 Å². The van der Waals surface area contributed by atoms with E-state index in [1.165, 1.54) is 6.20 Å². The Morgan fingerprint density at radius 1 is 1.24 bits per heavy atom. The van der Waals surface area contributed by atoms with Crippen LogP contribution in [0.2, 0.25) is 5.15 Å². The van der Waals surface area contributed by atoms with E-state index in [1.54, 1.807) is 6.20 Å². The second-order valence-electron chi connectivity index (χ2n) is 3.52. The fourth-order valence-electron chi connectivity index (χ4n) is 1.51. The van der Waals surface area contributed by atoms with Crippen LogP contribution in [0.1, 0.15) is 11.6 Å². The van der Waals surface area contributed by atoms with Crippen molar-refractivity contribution in [2.75, 3.05) is 11.9 Å². The van der Waals surface area contributed by atoms with Crippen LogP contribution in [0.15, 0.2) is 42.7 Å². The molecule has 1 heterocycles. The third kappa shape index (κ3) is 3.15. The van der Waals surface area contributed by atoms with Gasteiger partial charge in [0.1, 0.15) is 11.0 Å². The molecule has 0 aliphatic heterocycles. The zero-order valence-corrected chi connectivity index (χ0v) is 9.80. The number of rotatable bonds is 4. The number of halogens is 1. The molecule has 17 heavy (non-hydrogen) atoms. The summed E-state index contributed by atoms with van der Waals surface area (Å²) in [5, 5.41) is 12.8. The second kappa shape index (κ2) is 5.61. The lowest BCUT2D eigenvalue weighted by atomic mass is 10.1. The van der Waals surface area contributed by atoms with E-state index in [-0.39, 0.29) is 12.6 Å². The number of benzene rings is 1. The Balaban J connectivity index is 2.16. The molecule has 4 nitrogen and oxygen atoms in total. The Hall–Kier alpha value is -1.65. The van der Waals surface area contributed by atoms with Crippen LogP contribution in [0.3, 0.4) is 0 Å². The minimum atomic E-state index is -0.219. The average Bonchev–Trinajstić information content (AvgIpc) is 2.37. The van der Waals surface area contributed by atoms with Crippen LogP contribution in [-0.2, 0) is 0 Å². The van der Waals surface area contributed by atoms with E-state index >= 15 is 0 Å². The van der Waals surface area contributed by atoms with Crippen LogP contribution in [0.25, 0.3) is 0 Å². The van der Waals surface area contributed by atoms with E-state index in [9.17, 15) is 5.11 Å². The lowest BCUT2D eigenvalue weighted by molar-refractivity contribution is 0.276. The Morgan fingerprint density at radius 2 is 2.00 bits per heavy atom. The van der Waals surface area contributed by atoms with Crippen molar-refractivity contribution in [3.63, 3.8) is 0 Å². The Labute approximate surface area is 104 Å². The molecule has 2 rings (SSSR count). The third-order valence-corrected chi connectivity index (χ3v) is 2.49. The minimum Gasteiger partial charge on any atom is -0.394 e. The summed E-state index contributed by atoms with van der Waals surface area (Å²) in [5.41, 5.74) is 0.983. The van der Waals surface area contributed by atoms with Gasteiger partial charge in [-0.3, -0.25) is 4.98 Å². The van der Waals surface area contributed by atoms with E-state index in [0.29, 0.717) is 11.0 Å². The van der Waals surface area contributed by atoms with Crippen molar-refractivity contribution in [2.24, 2.45) is 0 Å². The van der Waals surface area contributed by atoms with Gasteiger partial charge in [-0.2, -0.15) is 0 Å². The molecule has 0 saturated carbocycles. The maximum Gasteiger partial charge on any atom is 0.149 e. The van der Waals surface area contributed by atoms with Crippen LogP contribution in [0.4, 0.5) is 5.82 Å². The Morgan fingerprint density at radius 3 is 2.65 bits per heavy atom. The summed E-state index contributed by atoms with van der Waals surface area (Å²) in [7, 11) is 0. The molecule has 0 saturated heterocycles. The van der Waals surface area contributed by atoms with Gasteiger partial charge in [0.15, 0.2) is 0 Å². The second-order valence-corrected chi connectivity index (χ2v) is 3.90. The number of anilines is 1. The Bertz CT molecular complexity index is 478. The van der Waals surface area contributed by atoms with E-state index < -0.39 is 0 Å². The summed E-state index contributed by atoms with van der Waals surface area (Å²) in [6.07, 6.45) is 3.03. The summed E-state index contributed by atoms with van der Waals surface area (Å²) in [4.78, 5) is 7.99. The molecule has 0 unspecified atom stereocenters. The molecule has 5 heteroatoms. The first kappa shape index (κ1) is 11.8. The van der Waals surface area contributed by atoms with E-state index in [4.69, 9.17) is 11.6 Å². The molecule has 0 amide bonds. The van der Waals surface area contributed by atoms with E-state index in [2.05, 4.69) is 15.3 Å². The molecule has 1 aromatic carbocycles. The van der Waals surface area contributed by atoms with E-state index in [1.807, 2.05) is 30.3 Å². The van der Waals surface area contributed by atoms with Crippen LogP contribution in [0.5, 0.6) is 0 Å². The summed E-state index contributed by atoms with van der Waals surface area (Å²) in [6, 6.07) is 9.42. The fraction of sp³-hybridized carbons (Fsp3) is 0.167. The third-order valence-electron chi connectivity index (χ3n) is 2.31. The average molecular weight is 250 g/mol. The number of hydrogen-bond acceptors (Lipinski definition) is 4. The van der Waals surface area contributed by atoms with Crippen molar-refractivity contribution in [1.29, 1.82) is 0 Å². The molecule has 0 aliphatic rings. The standard InChI is InChI=1S/C12H12ClN3O/c13-11-6-14-7-12(16-11)15-10(8-17)9-4-2-1-3-5-9/h1-7,10,17H,8H2,(H,15,16)/t10-/m0/s1. The zero-order valence-electron chi connectivity index (χ0n) is 9.05. The minimum absolute atomic E-state index is 0.0296. The maximum absolute atomic E-state index is 9.37. The number of nitrogens with one attached hydrogen (secondary N) is 1. The van der Waals surface area contributed by atoms with Crippen LogP contribution in [0, 0.1) is 0 Å². The molecule has 88 valence electrons. The van der Waals surface area contributed by atoms with Crippen LogP contribution < -0.4 is 5.32 Å². The number of hydrogen-bond donors (Lipinski definition) is 2. The topological polar surface area (TPSA) is 58.0 Å². The molecule has 0 bridgehead atoms. The highest BCUT2D eigenvalue weighted by Crippen LogP contribution is 2.17. The molecule has 2 N–H and O–H groups in total. The predicted octanol–water partition coefficient (Wildman–Crippen LogP) is 2.28. The van der Waals surface area contributed by atoms with Gasteiger partial charge in [-0.05, 0) is 5.56 Å². The van der Waals surface area contributed by atoms with Gasteiger partial charge in [-0.15, -0.1) is 0 Å². The fourth-order valence-corrected chi connectivity index (χ4v) is 1.66. The van der Waals surface area contributed by atoms with Crippen molar-refractivity contribution in [3.05, 3.63) is 53.4 Å². The summed E-state index contributed by atoms with van der Waals surface area (Å²) >= 11 is 5.74. The van der Waals surface area contributed by atoms with Gasteiger partial charge in [0.05, 0.1) is 25.0 Å². The predicted molar refractivity (Wildman–Crippen MR) is 66.9 cm³/mol. The first-order valence-electron chi connectivity index (χ1n) is 5.19. The molecule has 0 spiro atoms. The van der Waals surface area contributed by atoms with Crippen molar-refractivity contribution in [2.45, 2.75) is 6.04 Å². The molecule has 2 aromatic rings. The summed E-state index contributed by atoms with van der Waals surface area (Å²) in [6.45, 7) is -0.0296. The molecular weight excluding hydrogens is 238 g/mol. The number of aliphatic hydroxyl groups is 1. The van der Waals surface area contributed by atoms with Gasteiger partial charge >= 0.3 is 0 Å². The van der Waals surface area contributed by atoms with Gasteiger partial charge in [0.2, 0.25) is 0 Å².